The van der Waals surface area contributed by atoms with Crippen molar-refractivity contribution in [3.63, 3.8) is 0 Å². The largest absolute Gasteiger partial charge is 0.449 e. The van der Waals surface area contributed by atoms with Gasteiger partial charge in [-0.15, -0.1) is 6.42 Å². The zero-order chi connectivity index (χ0) is 17.3. The zero-order valence-corrected chi connectivity index (χ0v) is 12.7. The molecular formula is C17H14F3N3O. The van der Waals surface area contributed by atoms with E-state index in [0.717, 1.165) is 11.1 Å². The second-order valence-corrected chi connectivity index (χ2v) is 5.60. The first-order valence-electron chi connectivity index (χ1n) is 7.34. The van der Waals surface area contributed by atoms with Crippen LogP contribution in [-0.4, -0.2) is 21.4 Å². The van der Waals surface area contributed by atoms with Gasteiger partial charge >= 0.3 is 6.18 Å². The van der Waals surface area contributed by atoms with Gasteiger partial charge in [-0.1, -0.05) is 24.1 Å². The molecule has 0 spiro atoms. The van der Waals surface area contributed by atoms with Crippen molar-refractivity contribution in [2.75, 3.05) is 6.54 Å². The lowest BCUT2D eigenvalue weighted by Crippen LogP contribution is -2.36. The first-order valence-corrected chi connectivity index (χ1v) is 7.34. The van der Waals surface area contributed by atoms with Crippen LogP contribution in [0.4, 0.5) is 13.2 Å². The molecule has 2 heterocycles. The molecular weight excluding hydrogens is 319 g/mol. The average Bonchev–Trinajstić information content (AvgIpc) is 2.54. The fourth-order valence-corrected chi connectivity index (χ4v) is 2.80. The van der Waals surface area contributed by atoms with Crippen molar-refractivity contribution >= 4 is 0 Å². The molecule has 1 aromatic heterocycles. The predicted molar refractivity (Wildman–Crippen MR) is 82.1 cm³/mol. The number of nitrogens with one attached hydrogen (secondary N) is 1. The van der Waals surface area contributed by atoms with Gasteiger partial charge in [-0.25, -0.2) is 4.98 Å². The minimum Gasteiger partial charge on any atom is -0.303 e. The molecule has 0 amide bonds. The van der Waals surface area contributed by atoms with Crippen molar-refractivity contribution in [2.45, 2.75) is 25.7 Å². The number of H-pyrrole nitrogens is 1. The maximum Gasteiger partial charge on any atom is 0.449 e. The molecule has 124 valence electrons. The highest BCUT2D eigenvalue weighted by atomic mass is 19.4. The van der Waals surface area contributed by atoms with Gasteiger partial charge in [0.2, 0.25) is 5.82 Å². The van der Waals surface area contributed by atoms with E-state index in [1.807, 2.05) is 34.1 Å². The van der Waals surface area contributed by atoms with Gasteiger partial charge in [0.1, 0.15) is 0 Å². The Labute approximate surface area is 136 Å². The third-order valence-corrected chi connectivity index (χ3v) is 3.99. The quantitative estimate of drug-likeness (QED) is 0.858. The Balaban J connectivity index is 1.88. The second kappa shape index (κ2) is 6.13. The van der Waals surface area contributed by atoms with Crippen molar-refractivity contribution in [1.82, 2.24) is 14.9 Å². The molecule has 0 fully saturated rings. The third kappa shape index (κ3) is 3.19. The predicted octanol–water partition coefficient (Wildman–Crippen LogP) is 2.33. The molecule has 0 bridgehead atoms. The lowest BCUT2D eigenvalue weighted by molar-refractivity contribution is -0.145. The SMILES string of the molecule is C#Cc1ccccc1CN1CCc2c(nc(C(F)(F)F)[nH]c2=O)C1. The third-order valence-electron chi connectivity index (χ3n) is 3.99. The minimum atomic E-state index is -4.67. The van der Waals surface area contributed by atoms with Gasteiger partial charge in [0.05, 0.1) is 5.69 Å². The van der Waals surface area contributed by atoms with Gasteiger partial charge in [0.15, 0.2) is 0 Å². The molecule has 7 heteroatoms. The summed E-state index contributed by atoms with van der Waals surface area (Å²) in [5, 5.41) is 0. The standard InChI is InChI=1S/C17H14F3N3O/c1-2-11-5-3-4-6-12(11)9-23-8-7-13-14(10-23)21-16(17(18,19)20)22-15(13)24/h1,3-6H,7-10H2,(H,21,22,24). The van der Waals surface area contributed by atoms with Crippen LogP contribution in [0.2, 0.25) is 0 Å². The van der Waals surface area contributed by atoms with Gasteiger partial charge in [-0.05, 0) is 18.1 Å². The van der Waals surface area contributed by atoms with Crippen LogP contribution < -0.4 is 5.56 Å². The highest BCUT2D eigenvalue weighted by Gasteiger charge is 2.36. The summed E-state index contributed by atoms with van der Waals surface area (Å²) in [4.78, 5) is 19.2. The number of hydrogen-bond donors (Lipinski definition) is 1. The zero-order valence-electron chi connectivity index (χ0n) is 12.7. The molecule has 1 aliphatic heterocycles. The van der Waals surface area contributed by atoms with E-state index in [-0.39, 0.29) is 12.2 Å². The number of aromatic amines is 1. The van der Waals surface area contributed by atoms with Crippen molar-refractivity contribution < 1.29 is 13.2 Å². The molecule has 3 rings (SSSR count). The lowest BCUT2D eigenvalue weighted by Gasteiger charge is -2.28. The van der Waals surface area contributed by atoms with E-state index >= 15 is 0 Å². The van der Waals surface area contributed by atoms with Crippen LogP contribution in [0, 0.1) is 12.3 Å². The molecule has 2 aromatic rings. The van der Waals surface area contributed by atoms with Crippen LogP contribution in [0.1, 0.15) is 28.2 Å². The summed E-state index contributed by atoms with van der Waals surface area (Å²) in [5.41, 5.74) is 1.46. The average molecular weight is 333 g/mol. The van der Waals surface area contributed by atoms with Crippen molar-refractivity contribution in [2.24, 2.45) is 0 Å². The van der Waals surface area contributed by atoms with E-state index in [1.165, 1.54) is 0 Å². The van der Waals surface area contributed by atoms with Crippen molar-refractivity contribution in [3.8, 4) is 12.3 Å². The first-order chi connectivity index (χ1) is 11.4. The Morgan fingerprint density at radius 3 is 2.79 bits per heavy atom. The number of aromatic nitrogens is 2. The Hall–Kier alpha value is -2.59. The number of alkyl halides is 3. The number of nitrogens with zero attached hydrogens (tertiary/aromatic N) is 2. The monoisotopic (exact) mass is 333 g/mol. The van der Waals surface area contributed by atoms with E-state index in [9.17, 15) is 18.0 Å². The fraction of sp³-hybridized carbons (Fsp3) is 0.294. The van der Waals surface area contributed by atoms with Crippen LogP contribution in [-0.2, 0) is 25.7 Å². The maximum atomic E-state index is 12.8. The Bertz CT molecular complexity index is 865. The van der Waals surface area contributed by atoms with Gasteiger partial charge in [0, 0.05) is 30.8 Å². The molecule has 4 nitrogen and oxygen atoms in total. The number of hydrogen-bond acceptors (Lipinski definition) is 3. The normalized spacial score (nSPS) is 14.9. The number of halogens is 3. The molecule has 1 aromatic carbocycles. The highest BCUT2D eigenvalue weighted by Crippen LogP contribution is 2.27. The summed E-state index contributed by atoms with van der Waals surface area (Å²) in [6, 6.07) is 7.40. The highest BCUT2D eigenvalue weighted by molar-refractivity contribution is 5.39. The number of rotatable bonds is 2. The molecule has 1 N–H and O–H groups in total. The maximum absolute atomic E-state index is 12.8. The summed E-state index contributed by atoms with van der Waals surface area (Å²) < 4.78 is 38.4. The van der Waals surface area contributed by atoms with E-state index in [2.05, 4.69) is 10.9 Å². The smallest absolute Gasteiger partial charge is 0.303 e. The van der Waals surface area contributed by atoms with Gasteiger partial charge in [-0.2, -0.15) is 13.2 Å². The molecule has 24 heavy (non-hydrogen) atoms. The van der Waals surface area contributed by atoms with Crippen molar-refractivity contribution in [3.05, 3.63) is 62.8 Å². The van der Waals surface area contributed by atoms with E-state index in [0.29, 0.717) is 25.1 Å². The number of terminal acetylenes is 1. The summed E-state index contributed by atoms with van der Waals surface area (Å²) in [6.45, 7) is 1.24. The van der Waals surface area contributed by atoms with Crippen LogP contribution >= 0.6 is 0 Å². The van der Waals surface area contributed by atoms with Crippen LogP contribution in [0.25, 0.3) is 0 Å². The van der Waals surface area contributed by atoms with Crippen LogP contribution in [0.3, 0.4) is 0 Å². The second-order valence-electron chi connectivity index (χ2n) is 5.60. The topological polar surface area (TPSA) is 49.0 Å². The molecule has 0 atom stereocenters. The fourth-order valence-electron chi connectivity index (χ4n) is 2.80. The number of benzene rings is 1. The molecule has 0 unspecified atom stereocenters. The lowest BCUT2D eigenvalue weighted by atomic mass is 10.0. The minimum absolute atomic E-state index is 0.176. The van der Waals surface area contributed by atoms with E-state index in [1.54, 1.807) is 0 Å². The molecule has 0 radical (unpaired) electrons. The van der Waals surface area contributed by atoms with Gasteiger partial charge in [-0.3, -0.25) is 9.69 Å². The van der Waals surface area contributed by atoms with Gasteiger partial charge in [0.25, 0.3) is 5.56 Å². The summed E-state index contributed by atoms with van der Waals surface area (Å²) >= 11 is 0. The Morgan fingerprint density at radius 1 is 1.33 bits per heavy atom. The van der Waals surface area contributed by atoms with Gasteiger partial charge < -0.3 is 4.98 Å². The molecule has 0 aliphatic carbocycles. The summed E-state index contributed by atoms with van der Waals surface area (Å²) in [6.07, 6.45) is 1.15. The molecule has 0 saturated carbocycles. The summed E-state index contributed by atoms with van der Waals surface area (Å²) in [5.74, 6) is 1.34. The Morgan fingerprint density at radius 2 is 2.08 bits per heavy atom. The van der Waals surface area contributed by atoms with E-state index < -0.39 is 17.6 Å². The van der Waals surface area contributed by atoms with Crippen LogP contribution in [0.15, 0.2) is 29.1 Å². The Kier molecular flexibility index (Phi) is 4.16. The summed E-state index contributed by atoms with van der Waals surface area (Å²) in [7, 11) is 0. The molecule has 1 aliphatic rings. The van der Waals surface area contributed by atoms with Crippen LogP contribution in [0.5, 0.6) is 0 Å². The van der Waals surface area contributed by atoms with Crippen molar-refractivity contribution in [1.29, 1.82) is 0 Å². The molecule has 0 saturated heterocycles. The first kappa shape index (κ1) is 16.3. The number of fused-ring (bicyclic) bond motifs is 1. The van der Waals surface area contributed by atoms with E-state index in [4.69, 9.17) is 6.42 Å².